The molecule has 5 heteroatoms. The van der Waals surface area contributed by atoms with Crippen molar-refractivity contribution in [3.63, 3.8) is 0 Å². The smallest absolute Gasteiger partial charge is 0.198 e. The van der Waals surface area contributed by atoms with Crippen LogP contribution in [0.15, 0.2) is 199 Å². The minimum Gasteiger partial charge on any atom is -0.456 e. The number of nitrogens with zero attached hydrogens (tertiary/aromatic N) is 2. The second kappa shape index (κ2) is 16.8. The van der Waals surface area contributed by atoms with Crippen LogP contribution in [0.2, 0.25) is 0 Å². The molecule has 68 heavy (non-hydrogen) atoms. The Hall–Kier alpha value is -7.76. The van der Waals surface area contributed by atoms with Gasteiger partial charge < -0.3 is 19.2 Å². The zero-order chi connectivity index (χ0) is 45.9. The number of benzene rings is 9. The molecule has 9 aromatic carbocycles. The fourth-order valence-electron chi connectivity index (χ4n) is 10.7. The van der Waals surface area contributed by atoms with E-state index in [9.17, 15) is 0 Å². The topological polar surface area (TPSA) is 33.3 Å². The molecular formula is C63H54BN3O. The Morgan fingerprint density at radius 3 is 1.99 bits per heavy atom. The molecule has 3 heterocycles. The molecule has 0 aliphatic carbocycles. The molecule has 0 saturated carbocycles. The Morgan fingerprint density at radius 2 is 1.26 bits per heavy atom. The Kier molecular flexibility index (Phi) is 10.3. The van der Waals surface area contributed by atoms with Gasteiger partial charge in [0.2, 0.25) is 0 Å². The predicted molar refractivity (Wildman–Crippen MR) is 292 cm³/mol. The molecule has 0 fully saturated rings. The van der Waals surface area contributed by atoms with Gasteiger partial charge in [0.1, 0.15) is 11.2 Å². The van der Waals surface area contributed by atoms with Crippen LogP contribution in [0, 0.1) is 0 Å². The number of rotatable bonds is 11. The van der Waals surface area contributed by atoms with Gasteiger partial charge in [0.05, 0.1) is 5.52 Å². The molecular weight excluding hydrogens is 826 g/mol. The summed E-state index contributed by atoms with van der Waals surface area (Å²) in [6.07, 6.45) is 4.78. The summed E-state index contributed by atoms with van der Waals surface area (Å²) < 4.78 is 9.16. The van der Waals surface area contributed by atoms with E-state index in [4.69, 9.17) is 4.42 Å². The molecule has 1 N–H and O–H groups in total. The lowest BCUT2D eigenvalue weighted by atomic mass is 9.58. The standard InChI is InChI=1S/C63H54BN3O/c1-5-6-9-18-41-27-33-44(34-28-41)65-55-36-35-47(66(45-19-10-7-11-20-45)46-21-12-8-13-22-46)37-51(55)53-38-50(42-29-31-43(32-30-42)63(2,3)4)60-49-24-14-16-25-56(49)67-57-39-52-48-23-15-17-26-58(48)68-59(52)40-54(57)64-61(53)62(60)67/h7-8,10-17,19-40,64-65H,5-6,9,18H2,1-4H3. The van der Waals surface area contributed by atoms with E-state index in [1.54, 1.807) is 0 Å². The quantitative estimate of drug-likeness (QED) is 0.104. The molecule has 12 rings (SSSR count). The monoisotopic (exact) mass is 879 g/mol. The number of anilines is 5. The number of aryl methyl sites for hydroxylation is 1. The molecule has 0 bridgehead atoms. The minimum absolute atomic E-state index is 0.0319. The molecule has 1 aliphatic rings. The van der Waals surface area contributed by atoms with Crippen LogP contribution in [0.25, 0.3) is 71.7 Å². The van der Waals surface area contributed by atoms with Crippen molar-refractivity contribution in [2.24, 2.45) is 0 Å². The van der Waals surface area contributed by atoms with Gasteiger partial charge in [-0.15, -0.1) is 0 Å². The summed E-state index contributed by atoms with van der Waals surface area (Å²) in [5.74, 6) is 0. The van der Waals surface area contributed by atoms with Gasteiger partial charge in [-0.25, -0.2) is 0 Å². The largest absolute Gasteiger partial charge is 0.456 e. The van der Waals surface area contributed by atoms with Crippen LogP contribution in [0.4, 0.5) is 28.4 Å². The predicted octanol–water partition coefficient (Wildman–Crippen LogP) is 16.0. The molecule has 1 aliphatic heterocycles. The van der Waals surface area contributed by atoms with E-state index in [0.717, 1.165) is 69.6 Å². The van der Waals surface area contributed by atoms with Crippen molar-refractivity contribution < 1.29 is 4.42 Å². The number of hydrogen-bond acceptors (Lipinski definition) is 3. The van der Waals surface area contributed by atoms with E-state index in [2.05, 4.69) is 237 Å². The van der Waals surface area contributed by atoms with Crippen molar-refractivity contribution in [2.45, 2.75) is 58.8 Å². The fraction of sp³-hybridized carbons (Fsp3) is 0.143. The first-order valence-electron chi connectivity index (χ1n) is 24.4. The zero-order valence-corrected chi connectivity index (χ0v) is 39.3. The van der Waals surface area contributed by atoms with E-state index in [1.807, 2.05) is 0 Å². The first-order valence-corrected chi connectivity index (χ1v) is 24.4. The maximum Gasteiger partial charge on any atom is 0.198 e. The summed E-state index contributed by atoms with van der Waals surface area (Å²) in [5.41, 5.74) is 21.0. The summed E-state index contributed by atoms with van der Waals surface area (Å²) in [6, 6.07) is 71.5. The van der Waals surface area contributed by atoms with Gasteiger partial charge in [-0.3, -0.25) is 0 Å². The zero-order valence-electron chi connectivity index (χ0n) is 39.3. The number of nitrogens with one attached hydrogen (secondary N) is 1. The molecule has 0 amide bonds. The van der Waals surface area contributed by atoms with Gasteiger partial charge >= 0.3 is 0 Å². The van der Waals surface area contributed by atoms with Gasteiger partial charge in [0.15, 0.2) is 7.28 Å². The highest BCUT2D eigenvalue weighted by atomic mass is 16.3. The molecule has 0 radical (unpaired) electrons. The molecule has 0 unspecified atom stereocenters. The summed E-state index contributed by atoms with van der Waals surface area (Å²) in [5, 5.41) is 8.78. The molecule has 2 aromatic heterocycles. The summed E-state index contributed by atoms with van der Waals surface area (Å²) in [6.45, 7) is 9.14. The lowest BCUT2D eigenvalue weighted by Gasteiger charge is -2.28. The third-order valence-corrected chi connectivity index (χ3v) is 14.2. The average molecular weight is 880 g/mol. The number of hydrogen-bond donors (Lipinski definition) is 1. The van der Waals surface area contributed by atoms with Gasteiger partial charge in [-0.2, -0.15) is 0 Å². The molecule has 4 nitrogen and oxygen atoms in total. The summed E-state index contributed by atoms with van der Waals surface area (Å²) >= 11 is 0. The molecule has 0 saturated heterocycles. The van der Waals surface area contributed by atoms with Crippen molar-refractivity contribution in [3.8, 4) is 27.9 Å². The number of furan rings is 1. The van der Waals surface area contributed by atoms with Crippen LogP contribution in [0.1, 0.15) is 58.1 Å². The first kappa shape index (κ1) is 41.7. The summed E-state index contributed by atoms with van der Waals surface area (Å²) in [7, 11) is 0.741. The van der Waals surface area contributed by atoms with Crippen LogP contribution in [0.5, 0.6) is 0 Å². The highest BCUT2D eigenvalue weighted by Gasteiger charge is 2.30. The second-order valence-corrected chi connectivity index (χ2v) is 19.6. The fourth-order valence-corrected chi connectivity index (χ4v) is 10.7. The van der Waals surface area contributed by atoms with Gasteiger partial charge in [-0.05, 0) is 136 Å². The Morgan fingerprint density at radius 1 is 0.574 bits per heavy atom. The highest BCUT2D eigenvalue weighted by molar-refractivity contribution is 6.74. The Bertz CT molecular complexity index is 3620. The van der Waals surface area contributed by atoms with E-state index in [1.165, 1.54) is 85.5 Å². The van der Waals surface area contributed by atoms with Crippen LogP contribution in [0.3, 0.4) is 0 Å². The first-order chi connectivity index (χ1) is 33.3. The molecule has 330 valence electrons. The van der Waals surface area contributed by atoms with Crippen molar-refractivity contribution in [1.29, 1.82) is 0 Å². The van der Waals surface area contributed by atoms with Crippen molar-refractivity contribution in [1.82, 2.24) is 4.57 Å². The number of para-hydroxylation sites is 4. The van der Waals surface area contributed by atoms with Crippen molar-refractivity contribution >= 4 is 90.4 Å². The second-order valence-electron chi connectivity index (χ2n) is 19.6. The van der Waals surface area contributed by atoms with Crippen molar-refractivity contribution in [2.75, 3.05) is 10.2 Å². The van der Waals surface area contributed by atoms with Crippen LogP contribution in [-0.2, 0) is 11.8 Å². The summed E-state index contributed by atoms with van der Waals surface area (Å²) in [4.78, 5) is 2.37. The average Bonchev–Trinajstić information content (AvgIpc) is 3.91. The maximum absolute atomic E-state index is 6.60. The van der Waals surface area contributed by atoms with Crippen LogP contribution < -0.4 is 21.1 Å². The van der Waals surface area contributed by atoms with E-state index < -0.39 is 0 Å². The number of aromatic nitrogens is 1. The lowest BCUT2D eigenvalue weighted by molar-refractivity contribution is 0.590. The van der Waals surface area contributed by atoms with Crippen molar-refractivity contribution in [3.05, 3.63) is 205 Å². The van der Waals surface area contributed by atoms with E-state index in [0.29, 0.717) is 0 Å². The SMILES string of the molecule is CCCCCc1ccc(Nc2ccc(N(c3ccccc3)c3ccccc3)cc2-c2cc(-c3ccc(C(C)(C)C)cc3)c3c4ccccc4n4c3c2Bc2cc3oc5ccccc5c3cc2-4)cc1. The Balaban J connectivity index is 1.15. The molecule has 0 atom stereocenters. The number of unbranched alkanes of at least 4 members (excludes halogenated alkanes) is 2. The van der Waals surface area contributed by atoms with E-state index in [-0.39, 0.29) is 5.41 Å². The van der Waals surface area contributed by atoms with Gasteiger partial charge in [0.25, 0.3) is 0 Å². The molecule has 0 spiro atoms. The normalized spacial score (nSPS) is 12.2. The Labute approximate surface area is 399 Å². The lowest BCUT2D eigenvalue weighted by Crippen LogP contribution is -2.37. The third-order valence-electron chi connectivity index (χ3n) is 14.2. The maximum atomic E-state index is 6.60. The van der Waals surface area contributed by atoms with Gasteiger partial charge in [0, 0.05) is 66.7 Å². The molecule has 11 aromatic rings. The van der Waals surface area contributed by atoms with Crippen LogP contribution >= 0.6 is 0 Å². The number of fused-ring (bicyclic) bond motifs is 8. The minimum atomic E-state index is 0.0319. The van der Waals surface area contributed by atoms with Gasteiger partial charge in [-0.1, -0.05) is 155 Å². The third kappa shape index (κ3) is 7.25. The highest BCUT2D eigenvalue weighted by Crippen LogP contribution is 2.46. The van der Waals surface area contributed by atoms with Crippen LogP contribution in [-0.4, -0.2) is 11.8 Å². The van der Waals surface area contributed by atoms with E-state index >= 15 is 0 Å².